The van der Waals surface area contributed by atoms with E-state index in [0.717, 1.165) is 32.2 Å². The van der Waals surface area contributed by atoms with Crippen molar-refractivity contribution in [3.63, 3.8) is 0 Å². The molecule has 0 radical (unpaired) electrons. The minimum absolute atomic E-state index is 0.00176. The molecule has 0 aromatic heterocycles. The summed E-state index contributed by atoms with van der Waals surface area (Å²) in [7, 11) is -3.20. The normalized spacial score (nSPS) is 16.3. The largest absolute Gasteiger partial charge is 0.484 e. The summed E-state index contributed by atoms with van der Waals surface area (Å²) in [6.45, 7) is 1.60. The van der Waals surface area contributed by atoms with Crippen LogP contribution in [-0.4, -0.2) is 45.2 Å². The average Bonchev–Trinajstić information content (AvgIpc) is 2.73. The Labute approximate surface area is 125 Å². The van der Waals surface area contributed by atoms with Crippen molar-refractivity contribution in [3.8, 4) is 5.75 Å². The lowest BCUT2D eigenvalue weighted by molar-refractivity contribution is -0.133. The smallest absolute Gasteiger partial charge is 0.260 e. The molecule has 0 saturated carbocycles. The molecule has 0 aliphatic carbocycles. The van der Waals surface area contributed by atoms with Crippen LogP contribution >= 0.6 is 0 Å². The summed E-state index contributed by atoms with van der Waals surface area (Å²) >= 11 is 0. The van der Waals surface area contributed by atoms with Crippen molar-refractivity contribution in [1.29, 1.82) is 0 Å². The molecule has 0 bridgehead atoms. The van der Waals surface area contributed by atoms with Gasteiger partial charge in [0.25, 0.3) is 5.91 Å². The molecule has 6 heteroatoms. The minimum atomic E-state index is -3.20. The van der Waals surface area contributed by atoms with Gasteiger partial charge in [-0.15, -0.1) is 0 Å². The van der Waals surface area contributed by atoms with E-state index in [2.05, 4.69) is 0 Å². The maximum absolute atomic E-state index is 12.1. The number of likely N-dealkylation sites (tertiary alicyclic amines) is 1. The monoisotopic (exact) mass is 311 g/mol. The molecule has 1 fully saturated rings. The summed E-state index contributed by atoms with van der Waals surface area (Å²) in [6, 6.07) is 6.13. The van der Waals surface area contributed by atoms with Gasteiger partial charge in [0.05, 0.1) is 4.90 Å². The van der Waals surface area contributed by atoms with Crippen LogP contribution in [0.3, 0.4) is 0 Å². The van der Waals surface area contributed by atoms with Crippen LogP contribution in [0.25, 0.3) is 0 Å². The van der Waals surface area contributed by atoms with Crippen LogP contribution < -0.4 is 4.74 Å². The predicted molar refractivity (Wildman–Crippen MR) is 80.1 cm³/mol. The molecule has 0 unspecified atom stereocenters. The van der Waals surface area contributed by atoms with Gasteiger partial charge in [0.2, 0.25) is 0 Å². The summed E-state index contributed by atoms with van der Waals surface area (Å²) in [6.07, 6.45) is 5.62. The Morgan fingerprint density at radius 2 is 1.67 bits per heavy atom. The van der Waals surface area contributed by atoms with Crippen LogP contribution in [-0.2, 0) is 14.6 Å². The Morgan fingerprint density at radius 1 is 1.10 bits per heavy atom. The summed E-state index contributed by atoms with van der Waals surface area (Å²) < 4.78 is 28.1. The number of amides is 1. The van der Waals surface area contributed by atoms with Gasteiger partial charge in [-0.1, -0.05) is 12.8 Å². The molecule has 1 amide bonds. The zero-order chi connectivity index (χ0) is 15.3. The topological polar surface area (TPSA) is 63.7 Å². The first kappa shape index (κ1) is 15.8. The van der Waals surface area contributed by atoms with Crippen LogP contribution in [0, 0.1) is 0 Å². The van der Waals surface area contributed by atoms with Gasteiger partial charge in [-0.25, -0.2) is 8.42 Å². The lowest BCUT2D eigenvalue weighted by Crippen LogP contribution is -2.35. The molecular weight excluding hydrogens is 290 g/mol. The first-order valence-electron chi connectivity index (χ1n) is 7.17. The Kier molecular flexibility index (Phi) is 5.22. The van der Waals surface area contributed by atoms with Crippen LogP contribution in [0.15, 0.2) is 29.2 Å². The fourth-order valence-corrected chi connectivity index (χ4v) is 2.97. The van der Waals surface area contributed by atoms with Gasteiger partial charge in [-0.3, -0.25) is 4.79 Å². The number of benzene rings is 1. The second-order valence-corrected chi connectivity index (χ2v) is 7.34. The molecule has 0 N–H and O–H groups in total. The van der Waals surface area contributed by atoms with Crippen LogP contribution in [0.4, 0.5) is 0 Å². The molecular formula is C15H21NO4S. The van der Waals surface area contributed by atoms with Gasteiger partial charge in [0, 0.05) is 19.3 Å². The van der Waals surface area contributed by atoms with Crippen molar-refractivity contribution in [2.45, 2.75) is 30.6 Å². The van der Waals surface area contributed by atoms with E-state index in [9.17, 15) is 13.2 Å². The molecule has 0 atom stereocenters. The fourth-order valence-electron chi connectivity index (χ4n) is 2.34. The van der Waals surface area contributed by atoms with Crippen LogP contribution in [0.5, 0.6) is 5.75 Å². The number of sulfone groups is 1. The van der Waals surface area contributed by atoms with Gasteiger partial charge in [0.1, 0.15) is 5.75 Å². The van der Waals surface area contributed by atoms with Crippen molar-refractivity contribution >= 4 is 15.7 Å². The molecule has 1 heterocycles. The average molecular weight is 311 g/mol. The number of ether oxygens (including phenoxy) is 1. The fraction of sp³-hybridized carbons (Fsp3) is 0.533. The molecule has 0 spiro atoms. The number of rotatable bonds is 4. The van der Waals surface area contributed by atoms with E-state index < -0.39 is 9.84 Å². The Morgan fingerprint density at radius 3 is 2.19 bits per heavy atom. The van der Waals surface area contributed by atoms with Gasteiger partial charge < -0.3 is 9.64 Å². The number of carbonyl (C=O) groups excluding carboxylic acids is 1. The Balaban J connectivity index is 1.89. The minimum Gasteiger partial charge on any atom is -0.484 e. The molecule has 1 aliphatic heterocycles. The van der Waals surface area contributed by atoms with Crippen molar-refractivity contribution in [2.24, 2.45) is 0 Å². The molecule has 1 aromatic carbocycles. The third-order valence-corrected chi connectivity index (χ3v) is 4.70. The van der Waals surface area contributed by atoms with E-state index in [0.29, 0.717) is 5.75 Å². The van der Waals surface area contributed by atoms with Crippen molar-refractivity contribution < 1.29 is 17.9 Å². The van der Waals surface area contributed by atoms with Crippen molar-refractivity contribution in [2.75, 3.05) is 26.0 Å². The summed E-state index contributed by atoms with van der Waals surface area (Å²) in [4.78, 5) is 14.1. The molecule has 5 nitrogen and oxygen atoms in total. The van der Waals surface area contributed by atoms with Crippen molar-refractivity contribution in [1.82, 2.24) is 4.90 Å². The third-order valence-electron chi connectivity index (χ3n) is 3.57. The maximum atomic E-state index is 12.1. The number of hydrogen-bond acceptors (Lipinski definition) is 4. The first-order valence-corrected chi connectivity index (χ1v) is 9.07. The lowest BCUT2D eigenvalue weighted by Gasteiger charge is -2.20. The van der Waals surface area contributed by atoms with Gasteiger partial charge in [-0.05, 0) is 37.1 Å². The van der Waals surface area contributed by atoms with Gasteiger partial charge in [0.15, 0.2) is 16.4 Å². The highest BCUT2D eigenvalue weighted by Gasteiger charge is 2.16. The Bertz CT molecular complexity index is 572. The zero-order valence-electron chi connectivity index (χ0n) is 12.2. The van der Waals surface area contributed by atoms with E-state index >= 15 is 0 Å². The number of carbonyl (C=O) groups is 1. The predicted octanol–water partition coefficient (Wildman–Crippen LogP) is 1.87. The van der Waals surface area contributed by atoms with E-state index in [1.54, 1.807) is 12.1 Å². The standard InChI is InChI=1S/C15H21NO4S/c1-21(18,19)14-8-6-13(7-9-14)20-12-15(17)16-10-4-2-3-5-11-16/h6-9H,2-5,10-12H2,1H3. The summed E-state index contributed by atoms with van der Waals surface area (Å²) in [5, 5.41) is 0. The Hall–Kier alpha value is -1.56. The van der Waals surface area contributed by atoms with E-state index in [1.165, 1.54) is 25.0 Å². The highest BCUT2D eigenvalue weighted by atomic mass is 32.2. The molecule has 21 heavy (non-hydrogen) atoms. The second-order valence-electron chi connectivity index (χ2n) is 5.33. The van der Waals surface area contributed by atoms with Gasteiger partial charge in [-0.2, -0.15) is 0 Å². The van der Waals surface area contributed by atoms with E-state index in [4.69, 9.17) is 4.74 Å². The zero-order valence-corrected chi connectivity index (χ0v) is 13.1. The summed E-state index contributed by atoms with van der Waals surface area (Å²) in [5.74, 6) is 0.495. The quantitative estimate of drug-likeness (QED) is 0.851. The number of nitrogens with zero attached hydrogens (tertiary/aromatic N) is 1. The molecule has 2 rings (SSSR count). The SMILES string of the molecule is CS(=O)(=O)c1ccc(OCC(=O)N2CCCCCC2)cc1. The molecule has 116 valence electrons. The maximum Gasteiger partial charge on any atom is 0.260 e. The highest BCUT2D eigenvalue weighted by Crippen LogP contribution is 2.16. The first-order chi connectivity index (χ1) is 9.97. The van der Waals surface area contributed by atoms with Crippen molar-refractivity contribution in [3.05, 3.63) is 24.3 Å². The van der Waals surface area contributed by atoms with E-state index in [1.807, 2.05) is 4.90 Å². The molecule has 1 aromatic rings. The molecule has 1 saturated heterocycles. The highest BCUT2D eigenvalue weighted by molar-refractivity contribution is 7.90. The third kappa shape index (κ3) is 4.74. The van der Waals surface area contributed by atoms with Crippen LogP contribution in [0.1, 0.15) is 25.7 Å². The number of hydrogen-bond donors (Lipinski definition) is 0. The van der Waals surface area contributed by atoms with Crippen LogP contribution in [0.2, 0.25) is 0 Å². The lowest BCUT2D eigenvalue weighted by atomic mass is 10.2. The second kappa shape index (κ2) is 6.93. The van der Waals surface area contributed by atoms with Gasteiger partial charge >= 0.3 is 0 Å². The van der Waals surface area contributed by atoms with E-state index in [-0.39, 0.29) is 17.4 Å². The summed E-state index contributed by atoms with van der Waals surface area (Å²) in [5.41, 5.74) is 0. The molecule has 1 aliphatic rings.